The summed E-state index contributed by atoms with van der Waals surface area (Å²) in [5.74, 6) is -0.0198. The maximum Gasteiger partial charge on any atom is 0.308 e. The van der Waals surface area contributed by atoms with Crippen molar-refractivity contribution in [3.8, 4) is 0 Å². The summed E-state index contributed by atoms with van der Waals surface area (Å²) in [6, 6.07) is 0. The predicted molar refractivity (Wildman–Crippen MR) is 28.4 cm³/mol. The van der Waals surface area contributed by atoms with Gasteiger partial charge in [0.1, 0.15) is 0 Å². The van der Waals surface area contributed by atoms with Crippen LogP contribution in [0.4, 0.5) is 0 Å². The molecule has 1 heterocycles. The lowest BCUT2D eigenvalue weighted by Gasteiger charge is -1.95. The van der Waals surface area contributed by atoms with E-state index in [1.54, 1.807) is 0 Å². The van der Waals surface area contributed by atoms with Gasteiger partial charge in [0.25, 0.3) is 0 Å². The number of carbonyl (C=O) groups is 1. The van der Waals surface area contributed by atoms with Crippen molar-refractivity contribution in [3.63, 3.8) is 0 Å². The zero-order valence-corrected chi connectivity index (χ0v) is 5.07. The Bertz CT molecular complexity index is 91.7. The van der Waals surface area contributed by atoms with Crippen molar-refractivity contribution in [2.75, 3.05) is 12.8 Å². The Hall–Kier alpha value is -0.100. The van der Waals surface area contributed by atoms with Gasteiger partial charge in [-0.2, -0.15) is 0 Å². The average molecular weight is 118 g/mol. The number of carbonyl (C=O) groups excluding carboxylic acids is 1. The monoisotopic (exact) mass is 118 g/mol. The fraction of sp³-hybridized carbons (Fsp3) is 0.750. The van der Waals surface area contributed by atoms with Crippen LogP contribution in [-0.2, 0) is 9.32 Å². The molecule has 40 valence electrons. The van der Waals surface area contributed by atoms with Gasteiger partial charge in [0.15, 0.2) is 0 Å². The molecule has 0 aromatic heterocycles. The Labute approximate surface area is 43.7 Å². The van der Waals surface area contributed by atoms with Crippen molar-refractivity contribution < 1.29 is 9.32 Å². The normalized spacial score (nSPS) is 30.4. The Morgan fingerprint density at radius 2 is 2.57 bits per heavy atom. The van der Waals surface area contributed by atoms with Crippen LogP contribution in [0.1, 0.15) is 6.42 Å². The Kier molecular flexibility index (Phi) is 1.29. The first-order valence-corrected chi connectivity index (χ1v) is 4.10. The molecule has 0 saturated carbocycles. The molecule has 0 amide bonds. The van der Waals surface area contributed by atoms with E-state index in [0.29, 0.717) is 6.42 Å². The minimum Gasteiger partial charge on any atom is -0.445 e. The van der Waals surface area contributed by atoms with E-state index in [1.165, 1.54) is 0 Å². The molecule has 1 aliphatic rings. The van der Waals surface area contributed by atoms with Crippen LogP contribution in [0, 0.1) is 0 Å². The molecular formula is C4H7O2P. The number of hydrogen-bond acceptors (Lipinski definition) is 2. The molecule has 0 aromatic rings. The second kappa shape index (κ2) is 1.79. The molecule has 2 nitrogen and oxygen atoms in total. The summed E-state index contributed by atoms with van der Waals surface area (Å²) in [5, 5.41) is 0. The second-order valence-corrected chi connectivity index (χ2v) is 3.45. The van der Waals surface area contributed by atoms with Crippen LogP contribution < -0.4 is 0 Å². The zero-order chi connectivity index (χ0) is 5.28. The molecule has 1 atom stereocenters. The van der Waals surface area contributed by atoms with Crippen LogP contribution in [-0.4, -0.2) is 18.8 Å². The molecule has 0 aliphatic carbocycles. The summed E-state index contributed by atoms with van der Waals surface area (Å²) in [4.78, 5) is 10.2. The molecule has 7 heavy (non-hydrogen) atoms. The van der Waals surface area contributed by atoms with Crippen molar-refractivity contribution in [2.45, 2.75) is 6.42 Å². The number of rotatable bonds is 0. The summed E-state index contributed by atoms with van der Waals surface area (Å²) in [7, 11) is -0.354. The molecule has 0 bridgehead atoms. The van der Waals surface area contributed by atoms with Gasteiger partial charge in [0, 0.05) is 6.16 Å². The average Bonchev–Trinajstić information content (AvgIpc) is 1.87. The third-order valence-electron chi connectivity index (χ3n) is 0.888. The molecular weight excluding hydrogens is 111 g/mol. The van der Waals surface area contributed by atoms with Crippen molar-refractivity contribution in [2.24, 2.45) is 0 Å². The SMILES string of the molecule is CP1CCC(=O)O1. The lowest BCUT2D eigenvalue weighted by Crippen LogP contribution is -1.86. The summed E-state index contributed by atoms with van der Waals surface area (Å²) < 4.78 is 4.79. The van der Waals surface area contributed by atoms with E-state index in [-0.39, 0.29) is 14.1 Å². The van der Waals surface area contributed by atoms with Crippen molar-refractivity contribution in [3.05, 3.63) is 0 Å². The Balaban J connectivity index is 2.40. The minimum absolute atomic E-state index is 0.0198. The van der Waals surface area contributed by atoms with E-state index in [1.807, 2.05) is 6.66 Å². The van der Waals surface area contributed by atoms with Crippen LogP contribution in [0.25, 0.3) is 0 Å². The highest BCUT2D eigenvalue weighted by atomic mass is 31.1. The van der Waals surface area contributed by atoms with Crippen LogP contribution in [0.3, 0.4) is 0 Å². The molecule has 1 fully saturated rings. The molecule has 0 aromatic carbocycles. The highest BCUT2D eigenvalue weighted by molar-refractivity contribution is 7.52. The summed E-state index contributed by atoms with van der Waals surface area (Å²) in [6.45, 7) is 1.97. The third-order valence-corrected chi connectivity index (χ3v) is 2.26. The highest BCUT2D eigenvalue weighted by Gasteiger charge is 2.18. The van der Waals surface area contributed by atoms with Gasteiger partial charge in [-0.3, -0.25) is 4.79 Å². The largest absolute Gasteiger partial charge is 0.445 e. The first-order valence-electron chi connectivity index (χ1n) is 2.21. The summed E-state index contributed by atoms with van der Waals surface area (Å²) in [6.07, 6.45) is 1.61. The van der Waals surface area contributed by atoms with E-state index in [4.69, 9.17) is 4.52 Å². The zero-order valence-electron chi connectivity index (χ0n) is 4.18. The van der Waals surface area contributed by atoms with Gasteiger partial charge in [-0.1, -0.05) is 0 Å². The standard InChI is InChI=1S/C4H7O2P/c1-7-3-2-4(5)6-7/h2-3H2,1H3. The van der Waals surface area contributed by atoms with Gasteiger partial charge in [-0.05, 0) is 6.66 Å². The lowest BCUT2D eigenvalue weighted by molar-refractivity contribution is -0.131. The third kappa shape index (κ3) is 1.13. The van der Waals surface area contributed by atoms with E-state index in [9.17, 15) is 4.79 Å². The fourth-order valence-electron chi connectivity index (χ4n) is 0.514. The van der Waals surface area contributed by atoms with Gasteiger partial charge in [-0.25, -0.2) is 0 Å². The van der Waals surface area contributed by atoms with E-state index in [2.05, 4.69) is 0 Å². The smallest absolute Gasteiger partial charge is 0.308 e. The molecule has 1 rings (SSSR count). The van der Waals surface area contributed by atoms with E-state index in [0.717, 1.165) is 6.16 Å². The predicted octanol–water partition coefficient (Wildman–Crippen LogP) is 0.960. The lowest BCUT2D eigenvalue weighted by atomic mass is 10.5. The maximum atomic E-state index is 10.2. The van der Waals surface area contributed by atoms with Crippen LogP contribution >= 0.6 is 8.15 Å². The highest BCUT2D eigenvalue weighted by Crippen LogP contribution is 2.38. The van der Waals surface area contributed by atoms with Crippen molar-refractivity contribution in [1.82, 2.24) is 0 Å². The maximum absolute atomic E-state index is 10.2. The van der Waals surface area contributed by atoms with Gasteiger partial charge in [0.2, 0.25) is 0 Å². The summed E-state index contributed by atoms with van der Waals surface area (Å²) in [5.41, 5.74) is 0. The molecule has 0 radical (unpaired) electrons. The first kappa shape index (κ1) is 5.04. The second-order valence-electron chi connectivity index (χ2n) is 1.56. The fourth-order valence-corrected chi connectivity index (χ4v) is 1.54. The molecule has 1 aliphatic heterocycles. The summed E-state index contributed by atoms with van der Waals surface area (Å²) >= 11 is 0. The van der Waals surface area contributed by atoms with Crippen LogP contribution in [0.2, 0.25) is 0 Å². The minimum atomic E-state index is -0.354. The Morgan fingerprint density at radius 3 is 2.71 bits per heavy atom. The van der Waals surface area contributed by atoms with E-state index < -0.39 is 0 Å². The molecule has 1 unspecified atom stereocenters. The van der Waals surface area contributed by atoms with Gasteiger partial charge < -0.3 is 4.52 Å². The van der Waals surface area contributed by atoms with Crippen LogP contribution in [0.5, 0.6) is 0 Å². The molecule has 0 spiro atoms. The topological polar surface area (TPSA) is 26.3 Å². The van der Waals surface area contributed by atoms with Gasteiger partial charge in [0.05, 0.1) is 14.6 Å². The molecule has 0 N–H and O–H groups in total. The van der Waals surface area contributed by atoms with Gasteiger partial charge in [-0.15, -0.1) is 0 Å². The van der Waals surface area contributed by atoms with Crippen LogP contribution in [0.15, 0.2) is 0 Å². The Morgan fingerprint density at radius 1 is 1.86 bits per heavy atom. The quantitative estimate of drug-likeness (QED) is 0.443. The van der Waals surface area contributed by atoms with Crippen molar-refractivity contribution in [1.29, 1.82) is 0 Å². The molecule has 3 heteroatoms. The first-order chi connectivity index (χ1) is 3.29. The van der Waals surface area contributed by atoms with Gasteiger partial charge >= 0.3 is 5.97 Å². The number of hydrogen-bond donors (Lipinski definition) is 0. The van der Waals surface area contributed by atoms with E-state index >= 15 is 0 Å². The molecule has 1 saturated heterocycles. The van der Waals surface area contributed by atoms with Crippen molar-refractivity contribution >= 4 is 14.1 Å².